The summed E-state index contributed by atoms with van der Waals surface area (Å²) in [5.41, 5.74) is 39.9. The fourth-order valence-electron chi connectivity index (χ4n) is 13.6. The van der Waals surface area contributed by atoms with Crippen LogP contribution in [-0.4, -0.2) is 319 Å². The molecule has 802 valence electrons. The van der Waals surface area contributed by atoms with Crippen molar-refractivity contribution >= 4 is 163 Å². The zero-order valence-electron chi connectivity index (χ0n) is 82.2. The van der Waals surface area contributed by atoms with Crippen LogP contribution in [0.15, 0.2) is 30.3 Å². The van der Waals surface area contributed by atoms with Crippen LogP contribution >= 0.6 is 21.6 Å². The minimum Gasteiger partial charge on any atom is -0.394 e. The summed E-state index contributed by atoms with van der Waals surface area (Å²) in [6, 6.07) is -15.8. The molecular formula is C87H149N31O23S2. The van der Waals surface area contributed by atoms with Gasteiger partial charge in [-0.25, -0.2) is 0 Å². The van der Waals surface area contributed by atoms with Crippen LogP contribution in [0.2, 0.25) is 0 Å². The van der Waals surface area contributed by atoms with E-state index in [0.29, 0.717) is 18.4 Å². The quantitative estimate of drug-likeness (QED) is 0.0128. The number of aliphatic hydroxyl groups excluding tert-OH is 2. The summed E-state index contributed by atoms with van der Waals surface area (Å²) in [4.78, 5) is 288. The van der Waals surface area contributed by atoms with E-state index in [4.69, 9.17) is 56.4 Å². The Labute approximate surface area is 837 Å². The second-order valence-electron chi connectivity index (χ2n) is 35.2. The minimum atomic E-state index is -1.89. The third-order valence-corrected chi connectivity index (χ3v) is 24.3. The summed E-state index contributed by atoms with van der Waals surface area (Å²) in [7, 11) is 1.85. The Bertz CT molecular complexity index is 4470. The Morgan fingerprint density at radius 2 is 0.937 bits per heavy atom. The van der Waals surface area contributed by atoms with E-state index in [2.05, 4.69) is 112 Å². The SMILES string of the molecule is CCC(C)C1NC(=O)C(CCCNC(=N)N)NC(=O)C(C)NC(=O)C(CC(C)C)NC(=O)C(CCCNC(=N)N)NC(=O)CNC(=O)CNC(=O)C(Cc2ccccc2)NC(=O)C(N)CSSCC(C(=O)NC(CC(N)=O)C(=O)NC(CO)C(=O)NC(CC(C)C)C(=O)NC(CCCNC(=N)N)C(N)=O)NCC(=O)CCCCCCNC(=O)C(CO)NC(=O)C(CCC(N)=O)NC(=O)C(C)NC(=O)C(C)NC1=O. The van der Waals surface area contributed by atoms with E-state index < -0.39 is 291 Å². The van der Waals surface area contributed by atoms with Crippen molar-refractivity contribution in [3.05, 3.63) is 35.9 Å². The molecule has 0 radical (unpaired) electrons. The van der Waals surface area contributed by atoms with Gasteiger partial charge in [-0.1, -0.05) is 113 Å². The molecule has 1 aromatic carbocycles. The lowest BCUT2D eigenvalue weighted by molar-refractivity contribution is -0.136. The minimum absolute atomic E-state index is 0.00939. The number of rotatable bonds is 36. The Morgan fingerprint density at radius 3 is 1.48 bits per heavy atom. The first-order valence-electron chi connectivity index (χ1n) is 47.1. The van der Waals surface area contributed by atoms with Gasteiger partial charge in [0.05, 0.1) is 51.4 Å². The van der Waals surface area contributed by atoms with Crippen molar-refractivity contribution in [2.75, 3.05) is 70.5 Å². The van der Waals surface area contributed by atoms with Gasteiger partial charge >= 0.3 is 0 Å². The highest BCUT2D eigenvalue weighted by atomic mass is 33.1. The molecule has 1 fully saturated rings. The smallest absolute Gasteiger partial charge is 0.245 e. The van der Waals surface area contributed by atoms with E-state index in [-0.39, 0.29) is 139 Å². The van der Waals surface area contributed by atoms with Crippen molar-refractivity contribution in [2.45, 2.75) is 275 Å². The number of hydrogen-bond donors (Lipinski definition) is 33. The maximum absolute atomic E-state index is 14.5. The van der Waals surface area contributed by atoms with Crippen LogP contribution in [0, 0.1) is 34.0 Å². The van der Waals surface area contributed by atoms with Crippen molar-refractivity contribution in [3.8, 4) is 0 Å². The molecule has 1 saturated heterocycles. The molecule has 0 aliphatic carbocycles. The Kier molecular flexibility index (Phi) is 59.7. The highest BCUT2D eigenvalue weighted by molar-refractivity contribution is 8.76. The van der Waals surface area contributed by atoms with Crippen molar-refractivity contribution in [1.29, 1.82) is 16.2 Å². The molecule has 17 atom stereocenters. The summed E-state index contributed by atoms with van der Waals surface area (Å²) in [5, 5.41) is 96.0. The van der Waals surface area contributed by atoms with Crippen molar-refractivity contribution in [2.24, 2.45) is 57.9 Å². The first-order chi connectivity index (χ1) is 67.4. The average Bonchev–Trinajstić information content (AvgIpc) is 0.898. The Hall–Kier alpha value is -13.4. The second-order valence-corrected chi connectivity index (χ2v) is 37.7. The van der Waals surface area contributed by atoms with E-state index in [1.54, 1.807) is 71.9 Å². The lowest BCUT2D eigenvalue weighted by Gasteiger charge is -2.29. The maximum atomic E-state index is 14.5. The summed E-state index contributed by atoms with van der Waals surface area (Å²) < 4.78 is 0. The number of guanidine groups is 3. The van der Waals surface area contributed by atoms with E-state index >= 15 is 0 Å². The molecule has 17 unspecified atom stereocenters. The molecule has 0 bridgehead atoms. The molecule has 56 heteroatoms. The average molecular weight is 2060 g/mol. The largest absolute Gasteiger partial charge is 0.394 e. The van der Waals surface area contributed by atoms with E-state index in [1.165, 1.54) is 20.8 Å². The fourth-order valence-corrected chi connectivity index (χ4v) is 15.9. The van der Waals surface area contributed by atoms with Gasteiger partial charge in [-0.3, -0.25) is 122 Å². The number of hydrogen-bond acceptors (Lipinski definition) is 30. The second kappa shape index (κ2) is 67.9. The monoisotopic (exact) mass is 2060 g/mol. The molecule has 1 aromatic rings. The predicted molar refractivity (Wildman–Crippen MR) is 527 cm³/mol. The number of nitrogens with two attached hydrogens (primary N) is 7. The van der Waals surface area contributed by atoms with Gasteiger partial charge in [0, 0.05) is 56.9 Å². The number of primary amides is 3. The van der Waals surface area contributed by atoms with Gasteiger partial charge in [0.1, 0.15) is 90.4 Å². The van der Waals surface area contributed by atoms with Gasteiger partial charge in [-0.05, 0) is 115 Å². The van der Waals surface area contributed by atoms with Crippen LogP contribution in [-0.2, 0) is 107 Å². The lowest BCUT2D eigenvalue weighted by atomic mass is 9.97. The van der Waals surface area contributed by atoms with Crippen LogP contribution in [0.3, 0.4) is 0 Å². The normalized spacial score (nSPS) is 22.9. The van der Waals surface area contributed by atoms with Gasteiger partial charge < -0.3 is 157 Å². The number of benzene rings is 1. The highest BCUT2D eigenvalue weighted by Crippen LogP contribution is 2.24. The van der Waals surface area contributed by atoms with Crippen LogP contribution in [0.1, 0.15) is 177 Å². The molecule has 40 N–H and O–H groups in total. The molecule has 143 heavy (non-hydrogen) atoms. The van der Waals surface area contributed by atoms with Crippen molar-refractivity contribution in [1.82, 2.24) is 112 Å². The highest BCUT2D eigenvalue weighted by Gasteiger charge is 2.39. The summed E-state index contributed by atoms with van der Waals surface area (Å²) >= 11 is 0. The molecule has 0 saturated carbocycles. The molecule has 0 aromatic heterocycles. The number of carbonyl (C=O) groups excluding carboxylic acids is 21. The van der Waals surface area contributed by atoms with Gasteiger partial charge in [0.2, 0.25) is 118 Å². The van der Waals surface area contributed by atoms with E-state index in [9.17, 15) is 111 Å². The Balaban J connectivity index is 2.71. The van der Waals surface area contributed by atoms with Gasteiger partial charge in [0.25, 0.3) is 0 Å². The molecule has 0 spiro atoms. The van der Waals surface area contributed by atoms with E-state index in [1.807, 2.05) is 0 Å². The molecule has 54 nitrogen and oxygen atoms in total. The van der Waals surface area contributed by atoms with Crippen LogP contribution in [0.4, 0.5) is 0 Å². The zero-order chi connectivity index (χ0) is 108. The lowest BCUT2D eigenvalue weighted by Crippen LogP contribution is -2.60. The maximum Gasteiger partial charge on any atom is 0.245 e. The third kappa shape index (κ3) is 52.3. The number of ketones is 1. The topological polar surface area (TPSA) is 905 Å². The van der Waals surface area contributed by atoms with Gasteiger partial charge in [-0.2, -0.15) is 0 Å². The number of Topliss-reactive ketones (excluding diaryl/α,β-unsaturated/α-hetero) is 1. The Morgan fingerprint density at radius 1 is 0.462 bits per heavy atom. The third-order valence-electron chi connectivity index (χ3n) is 21.8. The van der Waals surface area contributed by atoms with Crippen LogP contribution in [0.25, 0.3) is 0 Å². The standard InChI is InChI=1S/C87H149N31O23S2/c1-10-46(6)68-84(141)107-47(7)70(127)105-48(8)71(128)111-56(27-28-64(89)122)77(134)116-61(40-119)75(132)98-29-17-12-11-16-23-51(121)37-102-63(83(140)115-60(36-65(90)123)81(138)117-62(41-120)82(139)114-58(34-45(4)5)80(137)109-53(69(91)126)24-18-30-99-85(92)93)43-143-142-42-52(88)73(130)112-59(35-50-21-14-13-15-22-50)74(131)104-38-66(124)103-39-67(125)108-54(25-19-31-100-86(94)95)76(133)113-57(33-44(2)3)79(136)106-49(9)72(129)110-55(78(135)118-68)26-20-32-101-87(96)97/h13-15,21-22,44-49,52-63,68,102,119-120H,10-12,16-20,23-43,88H2,1-9H3,(H2,89,122)(H2,90,123)(H2,91,126)(H,98,132)(H,103,124)(H,104,131)(H,105,127)(H,106,136)(H,107,141)(H,108,125)(H,109,137)(H,110,129)(H,111,128)(H,112,130)(H,113,133)(H,114,139)(H,115,140)(H,116,134)(H,117,138)(H,118,135)(H4,92,93,99)(H4,94,95,100)(H4,96,97,101). The van der Waals surface area contributed by atoms with Crippen LogP contribution in [0.5, 0.6) is 0 Å². The summed E-state index contributed by atoms with van der Waals surface area (Å²) in [6.45, 7) is 9.86. The number of nitrogens with one attached hydrogen (secondary N) is 24. The first kappa shape index (κ1) is 126. The van der Waals surface area contributed by atoms with Crippen molar-refractivity contribution in [3.63, 3.8) is 0 Å². The molecule has 1 aliphatic heterocycles. The molecule has 20 amide bonds. The zero-order valence-corrected chi connectivity index (χ0v) is 83.8. The predicted octanol–water partition coefficient (Wildman–Crippen LogP) is -10.8. The van der Waals surface area contributed by atoms with Crippen LogP contribution < -0.4 is 152 Å². The van der Waals surface area contributed by atoms with E-state index in [0.717, 1.165) is 21.6 Å². The number of carbonyl (C=O) groups is 21. The molecule has 2 rings (SSSR count). The van der Waals surface area contributed by atoms with Gasteiger partial charge in [0.15, 0.2) is 17.9 Å². The number of aliphatic hydroxyl groups is 2. The molecule has 1 heterocycles. The molecular weight excluding hydrogens is 1910 g/mol. The number of amides is 20. The molecule has 1 aliphatic rings. The fraction of sp³-hybridized carbons (Fsp3) is 0.655. The first-order valence-corrected chi connectivity index (χ1v) is 49.6. The summed E-state index contributed by atoms with van der Waals surface area (Å²) in [6.07, 6.45) is -0.610. The van der Waals surface area contributed by atoms with Crippen molar-refractivity contribution < 1.29 is 111 Å². The summed E-state index contributed by atoms with van der Waals surface area (Å²) in [5.74, 6) is -22.9. The van der Waals surface area contributed by atoms with Gasteiger partial charge in [-0.15, -0.1) is 0 Å².